The summed E-state index contributed by atoms with van der Waals surface area (Å²) < 4.78 is 22.6. The highest BCUT2D eigenvalue weighted by molar-refractivity contribution is 7.91. The topological polar surface area (TPSA) is 70.0 Å². The Hall–Kier alpha value is -0.600. The van der Waals surface area contributed by atoms with Gasteiger partial charge in [-0.2, -0.15) is 5.26 Å². The molecule has 5 heteroatoms. The number of hydrogen-bond acceptors (Lipinski definition) is 4. The molecule has 0 aliphatic carbocycles. The van der Waals surface area contributed by atoms with Gasteiger partial charge in [-0.15, -0.1) is 0 Å². The average Bonchev–Trinajstić information content (AvgIpc) is 2.03. The van der Waals surface area contributed by atoms with Gasteiger partial charge in [0.2, 0.25) is 0 Å². The van der Waals surface area contributed by atoms with Crippen molar-refractivity contribution in [1.29, 1.82) is 5.26 Å². The number of hydrogen-bond donors (Lipinski definition) is 1. The largest absolute Gasteiger partial charge is 0.299 e. The van der Waals surface area contributed by atoms with E-state index in [0.717, 1.165) is 0 Å². The molecule has 1 aliphatic heterocycles. The Balaban J connectivity index is 2.84. The summed E-state index contributed by atoms with van der Waals surface area (Å²) >= 11 is 0. The zero-order chi connectivity index (χ0) is 9.95. The van der Waals surface area contributed by atoms with Gasteiger partial charge in [0.25, 0.3) is 0 Å². The number of sulfone groups is 1. The lowest BCUT2D eigenvalue weighted by molar-refractivity contribution is 0.408. The zero-order valence-corrected chi connectivity index (χ0v) is 8.52. The van der Waals surface area contributed by atoms with Crippen molar-refractivity contribution in [3.8, 4) is 6.07 Å². The van der Waals surface area contributed by atoms with Crippen LogP contribution in [0.4, 0.5) is 0 Å². The van der Waals surface area contributed by atoms with E-state index >= 15 is 0 Å². The fourth-order valence-corrected chi connectivity index (χ4v) is 3.51. The zero-order valence-electron chi connectivity index (χ0n) is 7.71. The molecular formula is C8H14N2O2S. The van der Waals surface area contributed by atoms with Gasteiger partial charge in [0.05, 0.1) is 17.6 Å². The Morgan fingerprint density at radius 2 is 2.31 bits per heavy atom. The van der Waals surface area contributed by atoms with Crippen LogP contribution in [0.25, 0.3) is 0 Å². The van der Waals surface area contributed by atoms with Gasteiger partial charge in [-0.3, -0.25) is 5.32 Å². The van der Waals surface area contributed by atoms with Crippen LogP contribution in [-0.4, -0.2) is 32.0 Å². The fourth-order valence-electron chi connectivity index (χ4n) is 1.72. The van der Waals surface area contributed by atoms with E-state index in [1.54, 1.807) is 0 Å². The standard InChI is InChI=1S/C8H14N2O2S/c1-2-10-8(6-9)4-3-5-13(11,12)7-8/h10H,2-5,7H2,1H3. The molecule has 1 atom stereocenters. The third-order valence-electron chi connectivity index (χ3n) is 2.25. The van der Waals surface area contributed by atoms with Crippen molar-refractivity contribution in [2.24, 2.45) is 0 Å². The molecule has 0 amide bonds. The molecule has 0 spiro atoms. The molecule has 74 valence electrons. The second-order valence-electron chi connectivity index (χ2n) is 3.42. The van der Waals surface area contributed by atoms with Gasteiger partial charge in [-0.25, -0.2) is 8.42 Å². The highest BCUT2D eigenvalue weighted by Crippen LogP contribution is 2.21. The maximum atomic E-state index is 11.3. The first-order chi connectivity index (χ1) is 6.04. The summed E-state index contributed by atoms with van der Waals surface area (Å²) in [7, 11) is -3.01. The van der Waals surface area contributed by atoms with Crippen LogP contribution < -0.4 is 5.32 Å². The smallest absolute Gasteiger partial charge is 0.153 e. The van der Waals surface area contributed by atoms with Crippen LogP contribution in [0.2, 0.25) is 0 Å². The van der Waals surface area contributed by atoms with Crippen molar-refractivity contribution in [1.82, 2.24) is 5.32 Å². The highest BCUT2D eigenvalue weighted by Gasteiger charge is 2.38. The van der Waals surface area contributed by atoms with Crippen molar-refractivity contribution < 1.29 is 8.42 Å². The summed E-state index contributed by atoms with van der Waals surface area (Å²) in [6.07, 6.45) is 1.22. The highest BCUT2D eigenvalue weighted by atomic mass is 32.2. The van der Waals surface area contributed by atoms with E-state index < -0.39 is 15.4 Å². The first kappa shape index (κ1) is 10.5. The number of rotatable bonds is 2. The van der Waals surface area contributed by atoms with Gasteiger partial charge in [-0.05, 0) is 19.4 Å². The van der Waals surface area contributed by atoms with Crippen LogP contribution in [0.5, 0.6) is 0 Å². The lowest BCUT2D eigenvalue weighted by Crippen LogP contribution is -2.52. The van der Waals surface area contributed by atoms with E-state index in [9.17, 15) is 8.42 Å². The Kier molecular flexibility index (Phi) is 2.94. The predicted molar refractivity (Wildman–Crippen MR) is 49.9 cm³/mol. The molecular weight excluding hydrogens is 188 g/mol. The van der Waals surface area contributed by atoms with Crippen molar-refractivity contribution in [2.45, 2.75) is 25.3 Å². The van der Waals surface area contributed by atoms with E-state index in [4.69, 9.17) is 5.26 Å². The molecule has 1 fully saturated rings. The SMILES string of the molecule is CCNC1(C#N)CCCS(=O)(=O)C1. The summed E-state index contributed by atoms with van der Waals surface area (Å²) in [4.78, 5) is 0. The first-order valence-electron chi connectivity index (χ1n) is 4.40. The molecule has 0 aromatic carbocycles. The molecule has 13 heavy (non-hydrogen) atoms. The average molecular weight is 202 g/mol. The fraction of sp³-hybridized carbons (Fsp3) is 0.875. The molecule has 0 radical (unpaired) electrons. The molecule has 1 unspecified atom stereocenters. The van der Waals surface area contributed by atoms with Crippen LogP contribution in [-0.2, 0) is 9.84 Å². The lowest BCUT2D eigenvalue weighted by Gasteiger charge is -2.30. The minimum Gasteiger partial charge on any atom is -0.299 e. The quantitative estimate of drug-likeness (QED) is 0.687. The molecule has 4 nitrogen and oxygen atoms in total. The number of nitrogens with one attached hydrogen (secondary N) is 1. The molecule has 0 aromatic rings. The third-order valence-corrected chi connectivity index (χ3v) is 4.10. The van der Waals surface area contributed by atoms with Crippen LogP contribution in [0.1, 0.15) is 19.8 Å². The van der Waals surface area contributed by atoms with Crippen LogP contribution in [0.3, 0.4) is 0 Å². The minimum absolute atomic E-state index is 0.0374. The molecule has 1 N–H and O–H groups in total. The Morgan fingerprint density at radius 1 is 1.62 bits per heavy atom. The summed E-state index contributed by atoms with van der Waals surface area (Å²) in [5, 5.41) is 11.9. The minimum atomic E-state index is -3.01. The Bertz CT molecular complexity index is 314. The molecule has 0 saturated carbocycles. The molecule has 1 heterocycles. The second-order valence-corrected chi connectivity index (χ2v) is 5.60. The van der Waals surface area contributed by atoms with Gasteiger partial charge >= 0.3 is 0 Å². The van der Waals surface area contributed by atoms with E-state index in [2.05, 4.69) is 11.4 Å². The van der Waals surface area contributed by atoms with Crippen molar-refractivity contribution in [2.75, 3.05) is 18.1 Å². The first-order valence-corrected chi connectivity index (χ1v) is 6.22. The summed E-state index contributed by atoms with van der Waals surface area (Å²) in [5.41, 5.74) is -0.828. The monoisotopic (exact) mass is 202 g/mol. The normalized spacial score (nSPS) is 32.3. The van der Waals surface area contributed by atoms with E-state index in [1.807, 2.05) is 6.92 Å². The third kappa shape index (κ3) is 2.42. The van der Waals surface area contributed by atoms with Gasteiger partial charge in [0.15, 0.2) is 9.84 Å². The summed E-state index contributed by atoms with van der Waals surface area (Å²) in [5.74, 6) is 0.187. The van der Waals surface area contributed by atoms with Crippen LogP contribution >= 0.6 is 0 Å². The van der Waals surface area contributed by atoms with Crippen molar-refractivity contribution in [3.63, 3.8) is 0 Å². The number of nitriles is 1. The van der Waals surface area contributed by atoms with Gasteiger partial charge in [0, 0.05) is 0 Å². The number of nitrogens with zero attached hydrogens (tertiary/aromatic N) is 1. The molecule has 1 saturated heterocycles. The Morgan fingerprint density at radius 3 is 2.77 bits per heavy atom. The van der Waals surface area contributed by atoms with Crippen molar-refractivity contribution in [3.05, 3.63) is 0 Å². The molecule has 1 aliphatic rings. The summed E-state index contributed by atoms with van der Waals surface area (Å²) in [6, 6.07) is 2.08. The summed E-state index contributed by atoms with van der Waals surface area (Å²) in [6.45, 7) is 2.50. The van der Waals surface area contributed by atoms with E-state index in [0.29, 0.717) is 19.4 Å². The van der Waals surface area contributed by atoms with Gasteiger partial charge < -0.3 is 0 Å². The molecule has 1 rings (SSSR count). The van der Waals surface area contributed by atoms with E-state index in [1.165, 1.54) is 0 Å². The van der Waals surface area contributed by atoms with E-state index in [-0.39, 0.29) is 11.5 Å². The second kappa shape index (κ2) is 3.64. The predicted octanol–water partition coefficient (Wildman–Crippen LogP) is 0.0669. The maximum Gasteiger partial charge on any atom is 0.153 e. The molecule has 0 aromatic heterocycles. The van der Waals surface area contributed by atoms with Crippen LogP contribution in [0.15, 0.2) is 0 Å². The van der Waals surface area contributed by atoms with Crippen LogP contribution in [0, 0.1) is 11.3 Å². The van der Waals surface area contributed by atoms with Gasteiger partial charge in [-0.1, -0.05) is 6.92 Å². The van der Waals surface area contributed by atoms with Crippen molar-refractivity contribution >= 4 is 9.84 Å². The molecule has 0 bridgehead atoms. The Labute approximate surface area is 78.9 Å². The van der Waals surface area contributed by atoms with Gasteiger partial charge in [0.1, 0.15) is 5.54 Å². The maximum absolute atomic E-state index is 11.3. The lowest BCUT2D eigenvalue weighted by atomic mass is 9.97.